The average Bonchev–Trinajstić information content (AvgIpc) is 3.03. The Labute approximate surface area is 103 Å². The number of carbonyl (C=O) groups excluding carboxylic acids is 1. The third kappa shape index (κ3) is 1.66. The first kappa shape index (κ1) is 11.2. The van der Waals surface area contributed by atoms with E-state index >= 15 is 0 Å². The zero-order valence-electron chi connectivity index (χ0n) is 9.60. The number of carbonyl (C=O) groups is 2. The SMILES string of the molecule is O=C(O)[C@H]1C[C@H]1C(=O)N1CCc2ccc(F)cc21. The average molecular weight is 249 g/mol. The number of rotatable bonds is 2. The molecule has 2 aliphatic rings. The highest BCUT2D eigenvalue weighted by Crippen LogP contribution is 2.42. The van der Waals surface area contributed by atoms with E-state index in [0.29, 0.717) is 25.1 Å². The maximum absolute atomic E-state index is 13.2. The number of anilines is 1. The molecule has 1 fully saturated rings. The summed E-state index contributed by atoms with van der Waals surface area (Å²) in [6.45, 7) is 0.514. The smallest absolute Gasteiger partial charge is 0.307 e. The number of hydrogen-bond acceptors (Lipinski definition) is 2. The minimum atomic E-state index is -0.924. The van der Waals surface area contributed by atoms with Gasteiger partial charge in [-0.1, -0.05) is 6.07 Å². The Morgan fingerprint density at radius 2 is 2.11 bits per heavy atom. The van der Waals surface area contributed by atoms with Crippen LogP contribution >= 0.6 is 0 Å². The highest BCUT2D eigenvalue weighted by atomic mass is 19.1. The van der Waals surface area contributed by atoms with E-state index in [1.807, 2.05) is 0 Å². The molecule has 0 radical (unpaired) electrons. The molecular weight excluding hydrogens is 237 g/mol. The number of nitrogens with zero attached hydrogens (tertiary/aromatic N) is 1. The van der Waals surface area contributed by atoms with Crippen LogP contribution in [-0.2, 0) is 16.0 Å². The molecule has 0 saturated heterocycles. The molecule has 1 saturated carbocycles. The Balaban J connectivity index is 1.82. The van der Waals surface area contributed by atoms with E-state index in [0.717, 1.165) is 5.56 Å². The van der Waals surface area contributed by atoms with Crippen molar-refractivity contribution in [3.05, 3.63) is 29.6 Å². The van der Waals surface area contributed by atoms with Crippen LogP contribution in [0.4, 0.5) is 10.1 Å². The maximum atomic E-state index is 13.2. The summed E-state index contributed by atoms with van der Waals surface area (Å²) in [6.07, 6.45) is 1.10. The molecule has 1 heterocycles. The molecule has 0 unspecified atom stereocenters. The van der Waals surface area contributed by atoms with Gasteiger partial charge in [0.05, 0.1) is 11.8 Å². The molecule has 1 aliphatic heterocycles. The predicted molar refractivity (Wildman–Crippen MR) is 61.7 cm³/mol. The Hall–Kier alpha value is -1.91. The fourth-order valence-corrected chi connectivity index (χ4v) is 2.52. The van der Waals surface area contributed by atoms with Gasteiger partial charge in [0, 0.05) is 12.2 Å². The number of halogens is 1. The molecule has 0 bridgehead atoms. The summed E-state index contributed by atoms with van der Waals surface area (Å²) < 4.78 is 13.2. The van der Waals surface area contributed by atoms with Gasteiger partial charge in [0.1, 0.15) is 5.82 Å². The third-order valence-electron chi connectivity index (χ3n) is 3.63. The second-order valence-electron chi connectivity index (χ2n) is 4.80. The highest BCUT2D eigenvalue weighted by molar-refractivity contribution is 6.01. The molecule has 5 heteroatoms. The molecule has 3 rings (SSSR count). The highest BCUT2D eigenvalue weighted by Gasteiger charge is 2.50. The first-order valence-electron chi connectivity index (χ1n) is 5.90. The van der Waals surface area contributed by atoms with E-state index in [1.54, 1.807) is 6.07 Å². The van der Waals surface area contributed by atoms with E-state index in [9.17, 15) is 14.0 Å². The molecule has 2 atom stereocenters. The molecule has 0 spiro atoms. The summed E-state index contributed by atoms with van der Waals surface area (Å²) in [5.41, 5.74) is 1.54. The topological polar surface area (TPSA) is 57.6 Å². The van der Waals surface area contributed by atoms with Gasteiger partial charge in [0.25, 0.3) is 0 Å². The number of amides is 1. The number of hydrogen-bond donors (Lipinski definition) is 1. The molecule has 94 valence electrons. The third-order valence-corrected chi connectivity index (χ3v) is 3.63. The second-order valence-corrected chi connectivity index (χ2v) is 4.80. The zero-order chi connectivity index (χ0) is 12.9. The van der Waals surface area contributed by atoms with Crippen molar-refractivity contribution in [1.29, 1.82) is 0 Å². The Morgan fingerprint density at radius 3 is 2.78 bits per heavy atom. The lowest BCUT2D eigenvalue weighted by molar-refractivity contribution is -0.140. The quantitative estimate of drug-likeness (QED) is 0.862. The van der Waals surface area contributed by atoms with E-state index in [1.165, 1.54) is 17.0 Å². The van der Waals surface area contributed by atoms with Crippen LogP contribution in [-0.4, -0.2) is 23.5 Å². The molecule has 0 aromatic heterocycles. The van der Waals surface area contributed by atoms with Gasteiger partial charge >= 0.3 is 5.97 Å². The predicted octanol–water partition coefficient (Wildman–Crippen LogP) is 1.44. The van der Waals surface area contributed by atoms with Crippen molar-refractivity contribution in [3.8, 4) is 0 Å². The van der Waals surface area contributed by atoms with Crippen molar-refractivity contribution in [2.45, 2.75) is 12.8 Å². The summed E-state index contributed by atoms with van der Waals surface area (Å²) in [7, 11) is 0. The van der Waals surface area contributed by atoms with Crippen molar-refractivity contribution in [3.63, 3.8) is 0 Å². The number of benzene rings is 1. The number of carboxylic acids is 1. The summed E-state index contributed by atoms with van der Waals surface area (Å²) in [4.78, 5) is 24.4. The zero-order valence-corrected chi connectivity index (χ0v) is 9.60. The number of fused-ring (bicyclic) bond motifs is 1. The summed E-state index contributed by atoms with van der Waals surface area (Å²) >= 11 is 0. The number of aliphatic carboxylic acids is 1. The van der Waals surface area contributed by atoms with Crippen molar-refractivity contribution in [2.24, 2.45) is 11.8 Å². The van der Waals surface area contributed by atoms with Crippen LogP contribution in [0.3, 0.4) is 0 Å². The monoisotopic (exact) mass is 249 g/mol. The minimum Gasteiger partial charge on any atom is -0.481 e. The van der Waals surface area contributed by atoms with Crippen molar-refractivity contribution >= 4 is 17.6 Å². The fraction of sp³-hybridized carbons (Fsp3) is 0.385. The Bertz CT molecular complexity index is 543. The summed E-state index contributed by atoms with van der Waals surface area (Å²) in [5, 5.41) is 8.82. The van der Waals surface area contributed by atoms with Gasteiger partial charge in [-0.25, -0.2) is 4.39 Å². The molecule has 1 aliphatic carbocycles. The van der Waals surface area contributed by atoms with Gasteiger partial charge < -0.3 is 10.0 Å². The van der Waals surface area contributed by atoms with Crippen LogP contribution in [0.5, 0.6) is 0 Å². The van der Waals surface area contributed by atoms with E-state index in [4.69, 9.17) is 5.11 Å². The molecule has 4 nitrogen and oxygen atoms in total. The van der Waals surface area contributed by atoms with Crippen LogP contribution < -0.4 is 4.90 Å². The maximum Gasteiger partial charge on any atom is 0.307 e. The molecule has 18 heavy (non-hydrogen) atoms. The first-order chi connectivity index (χ1) is 8.58. The van der Waals surface area contributed by atoms with Gasteiger partial charge in [-0.05, 0) is 30.5 Å². The van der Waals surface area contributed by atoms with E-state index in [2.05, 4.69) is 0 Å². The molecule has 1 amide bonds. The normalized spacial score (nSPS) is 24.8. The van der Waals surface area contributed by atoms with Gasteiger partial charge in [-0.3, -0.25) is 9.59 Å². The van der Waals surface area contributed by atoms with Gasteiger partial charge in [-0.2, -0.15) is 0 Å². The Morgan fingerprint density at radius 1 is 1.33 bits per heavy atom. The molecule has 1 N–H and O–H groups in total. The standard InChI is InChI=1S/C13H12FNO3/c14-8-2-1-7-3-4-15(11(7)5-8)12(16)9-6-10(9)13(17)18/h1-2,5,9-10H,3-4,6H2,(H,17,18)/t9-,10+/m1/s1. The van der Waals surface area contributed by atoms with Crippen LogP contribution in [0, 0.1) is 17.7 Å². The van der Waals surface area contributed by atoms with Crippen LogP contribution in [0.2, 0.25) is 0 Å². The Kier molecular flexibility index (Phi) is 2.36. The van der Waals surface area contributed by atoms with Crippen molar-refractivity contribution in [1.82, 2.24) is 0 Å². The van der Waals surface area contributed by atoms with Crippen LogP contribution in [0.1, 0.15) is 12.0 Å². The first-order valence-corrected chi connectivity index (χ1v) is 5.90. The fourth-order valence-electron chi connectivity index (χ4n) is 2.52. The number of carboxylic acid groups (broad SMARTS) is 1. The van der Waals surface area contributed by atoms with Gasteiger partial charge in [-0.15, -0.1) is 0 Å². The van der Waals surface area contributed by atoms with E-state index < -0.39 is 17.8 Å². The van der Waals surface area contributed by atoms with Crippen LogP contribution in [0.25, 0.3) is 0 Å². The molecule has 1 aromatic rings. The lowest BCUT2D eigenvalue weighted by Gasteiger charge is -2.17. The summed E-state index contributed by atoms with van der Waals surface area (Å²) in [5.74, 6) is -2.48. The van der Waals surface area contributed by atoms with E-state index in [-0.39, 0.29) is 11.7 Å². The van der Waals surface area contributed by atoms with Crippen molar-refractivity contribution in [2.75, 3.05) is 11.4 Å². The van der Waals surface area contributed by atoms with Gasteiger partial charge in [0.2, 0.25) is 5.91 Å². The second kappa shape index (κ2) is 3.80. The van der Waals surface area contributed by atoms with Crippen LogP contribution in [0.15, 0.2) is 18.2 Å². The van der Waals surface area contributed by atoms with Gasteiger partial charge in [0.15, 0.2) is 0 Å². The largest absolute Gasteiger partial charge is 0.481 e. The lowest BCUT2D eigenvalue weighted by atomic mass is 10.1. The minimum absolute atomic E-state index is 0.188. The van der Waals surface area contributed by atoms with Crippen molar-refractivity contribution < 1.29 is 19.1 Å². The molecular formula is C13H12FNO3. The molecule has 1 aromatic carbocycles. The lowest BCUT2D eigenvalue weighted by Crippen LogP contribution is -2.31. The summed E-state index contributed by atoms with van der Waals surface area (Å²) in [6, 6.07) is 4.40.